The Kier molecular flexibility index (Phi) is 4.48. The summed E-state index contributed by atoms with van der Waals surface area (Å²) in [5.41, 5.74) is 5.36. The molecule has 0 aliphatic heterocycles. The van der Waals surface area contributed by atoms with Crippen LogP contribution in [0, 0.1) is 20.8 Å². The number of aryl methyl sites for hydroxylation is 3. The number of hydrogen-bond acceptors (Lipinski definition) is 3. The van der Waals surface area contributed by atoms with Gasteiger partial charge in [0.15, 0.2) is 0 Å². The molecule has 0 radical (unpaired) electrons. The number of rotatable bonds is 4. The van der Waals surface area contributed by atoms with Crippen molar-refractivity contribution in [1.82, 2.24) is 9.55 Å². The third-order valence-electron chi connectivity index (χ3n) is 4.00. The van der Waals surface area contributed by atoms with Gasteiger partial charge in [-0.05, 0) is 62.2 Å². The number of aromatic nitrogens is 2. The number of carbonyl (C=O) groups is 2. The number of nitrogens with zero attached hydrogens (tertiary/aromatic N) is 2. The highest BCUT2D eigenvalue weighted by Crippen LogP contribution is 2.18. The predicted molar refractivity (Wildman–Crippen MR) is 97.6 cm³/mol. The molecule has 1 heterocycles. The van der Waals surface area contributed by atoms with E-state index in [4.69, 9.17) is 0 Å². The number of nitrogens with one attached hydrogen (secondary N) is 1. The molecule has 1 amide bonds. The zero-order chi connectivity index (χ0) is 18.0. The standard InChI is InChI=1S/C20H19N3O2/c1-13-6-16(9-19(7-13)23-10-15(3)21-12-23)20(25)22-18-5-4-14(2)17(8-18)11-24/h4-12H,1-3H3,(H,22,25). The van der Waals surface area contributed by atoms with Crippen LogP contribution in [0.25, 0.3) is 5.69 Å². The fraction of sp³-hybridized carbons (Fsp3) is 0.150. The van der Waals surface area contributed by atoms with Gasteiger partial charge in [-0.25, -0.2) is 4.98 Å². The zero-order valence-electron chi connectivity index (χ0n) is 14.4. The molecule has 1 N–H and O–H groups in total. The fourth-order valence-corrected chi connectivity index (χ4v) is 2.65. The predicted octanol–water partition coefficient (Wildman–Crippen LogP) is 3.86. The van der Waals surface area contributed by atoms with Gasteiger partial charge in [0.25, 0.3) is 5.91 Å². The Morgan fingerprint density at radius 1 is 1.12 bits per heavy atom. The average molecular weight is 333 g/mol. The van der Waals surface area contributed by atoms with Gasteiger partial charge in [-0.1, -0.05) is 6.07 Å². The quantitative estimate of drug-likeness (QED) is 0.737. The minimum atomic E-state index is -0.220. The Hall–Kier alpha value is -3.21. The highest BCUT2D eigenvalue weighted by atomic mass is 16.1. The van der Waals surface area contributed by atoms with E-state index < -0.39 is 0 Å². The van der Waals surface area contributed by atoms with Crippen molar-refractivity contribution >= 4 is 17.9 Å². The van der Waals surface area contributed by atoms with Crippen molar-refractivity contribution in [2.45, 2.75) is 20.8 Å². The molecule has 0 saturated heterocycles. The first kappa shape index (κ1) is 16.6. The molecule has 0 atom stereocenters. The van der Waals surface area contributed by atoms with E-state index in [0.29, 0.717) is 16.8 Å². The summed E-state index contributed by atoms with van der Waals surface area (Å²) in [7, 11) is 0. The van der Waals surface area contributed by atoms with Crippen LogP contribution in [0.1, 0.15) is 37.5 Å². The van der Waals surface area contributed by atoms with Crippen LogP contribution >= 0.6 is 0 Å². The molecule has 0 spiro atoms. The second-order valence-electron chi connectivity index (χ2n) is 6.12. The van der Waals surface area contributed by atoms with Crippen LogP contribution < -0.4 is 5.32 Å². The molecule has 0 unspecified atom stereocenters. The zero-order valence-corrected chi connectivity index (χ0v) is 14.4. The summed E-state index contributed by atoms with van der Waals surface area (Å²) in [6.07, 6.45) is 4.42. The summed E-state index contributed by atoms with van der Waals surface area (Å²) >= 11 is 0. The molecule has 1 aromatic heterocycles. The normalized spacial score (nSPS) is 10.5. The van der Waals surface area contributed by atoms with Gasteiger partial charge in [0.05, 0.1) is 12.0 Å². The third-order valence-corrected chi connectivity index (χ3v) is 4.00. The van der Waals surface area contributed by atoms with Crippen molar-refractivity contribution in [1.29, 1.82) is 0 Å². The number of imidazole rings is 1. The third kappa shape index (κ3) is 3.66. The molecule has 25 heavy (non-hydrogen) atoms. The first-order valence-corrected chi connectivity index (χ1v) is 7.96. The molecule has 3 aromatic rings. The van der Waals surface area contributed by atoms with Crippen LogP contribution in [-0.4, -0.2) is 21.7 Å². The summed E-state index contributed by atoms with van der Waals surface area (Å²) in [6.45, 7) is 5.72. The maximum Gasteiger partial charge on any atom is 0.255 e. The summed E-state index contributed by atoms with van der Waals surface area (Å²) in [6, 6.07) is 10.9. The van der Waals surface area contributed by atoms with Crippen LogP contribution in [0.2, 0.25) is 0 Å². The first-order valence-electron chi connectivity index (χ1n) is 7.96. The number of anilines is 1. The van der Waals surface area contributed by atoms with Gasteiger partial charge in [0, 0.05) is 28.7 Å². The largest absolute Gasteiger partial charge is 0.322 e. The lowest BCUT2D eigenvalue weighted by atomic mass is 10.1. The number of hydrogen-bond donors (Lipinski definition) is 1. The highest BCUT2D eigenvalue weighted by molar-refractivity contribution is 6.05. The molecule has 3 rings (SSSR count). The van der Waals surface area contributed by atoms with Gasteiger partial charge in [0.2, 0.25) is 0 Å². The first-order chi connectivity index (χ1) is 12.0. The molecule has 0 aliphatic carbocycles. The van der Waals surface area contributed by atoms with Crippen LogP contribution in [0.15, 0.2) is 48.9 Å². The molecule has 126 valence electrons. The van der Waals surface area contributed by atoms with Crippen LogP contribution in [0.4, 0.5) is 5.69 Å². The van der Waals surface area contributed by atoms with E-state index in [9.17, 15) is 9.59 Å². The van der Waals surface area contributed by atoms with Crippen molar-refractivity contribution in [2.75, 3.05) is 5.32 Å². The van der Waals surface area contributed by atoms with E-state index in [1.54, 1.807) is 18.5 Å². The van der Waals surface area contributed by atoms with E-state index in [1.165, 1.54) is 0 Å². The lowest BCUT2D eigenvalue weighted by Crippen LogP contribution is -2.13. The molecule has 0 bridgehead atoms. The maximum absolute atomic E-state index is 12.6. The number of carbonyl (C=O) groups excluding carboxylic acids is 2. The van der Waals surface area contributed by atoms with E-state index in [0.717, 1.165) is 28.8 Å². The van der Waals surface area contributed by atoms with Crippen molar-refractivity contribution in [2.24, 2.45) is 0 Å². The van der Waals surface area contributed by atoms with E-state index in [2.05, 4.69) is 10.3 Å². The van der Waals surface area contributed by atoms with Crippen molar-refractivity contribution in [3.8, 4) is 5.69 Å². The van der Waals surface area contributed by atoms with Crippen molar-refractivity contribution in [3.05, 3.63) is 76.9 Å². The van der Waals surface area contributed by atoms with Crippen LogP contribution in [0.5, 0.6) is 0 Å². The van der Waals surface area contributed by atoms with Crippen LogP contribution in [-0.2, 0) is 0 Å². The van der Waals surface area contributed by atoms with Crippen molar-refractivity contribution in [3.63, 3.8) is 0 Å². The Bertz CT molecular complexity index is 957. The summed E-state index contributed by atoms with van der Waals surface area (Å²) in [5.74, 6) is -0.220. The number of benzene rings is 2. The monoisotopic (exact) mass is 333 g/mol. The molecule has 5 heteroatoms. The second kappa shape index (κ2) is 6.73. The van der Waals surface area contributed by atoms with Crippen molar-refractivity contribution < 1.29 is 9.59 Å². The molecule has 0 fully saturated rings. The lowest BCUT2D eigenvalue weighted by molar-refractivity contribution is 0.102. The SMILES string of the molecule is Cc1cc(C(=O)Nc2ccc(C)c(C=O)c2)cc(-n2cnc(C)c2)c1. The topological polar surface area (TPSA) is 64.0 Å². The van der Waals surface area contributed by atoms with Gasteiger partial charge in [-0.15, -0.1) is 0 Å². The van der Waals surface area contributed by atoms with Gasteiger partial charge < -0.3 is 9.88 Å². The minimum Gasteiger partial charge on any atom is -0.322 e. The fourth-order valence-electron chi connectivity index (χ4n) is 2.65. The second-order valence-corrected chi connectivity index (χ2v) is 6.12. The molecule has 5 nitrogen and oxygen atoms in total. The average Bonchev–Trinajstić information content (AvgIpc) is 3.02. The molecular formula is C20H19N3O2. The highest BCUT2D eigenvalue weighted by Gasteiger charge is 2.10. The Balaban J connectivity index is 1.89. The van der Waals surface area contributed by atoms with E-state index >= 15 is 0 Å². The Morgan fingerprint density at radius 3 is 2.60 bits per heavy atom. The maximum atomic E-state index is 12.6. The van der Waals surface area contributed by atoms with Gasteiger partial charge in [-0.3, -0.25) is 9.59 Å². The summed E-state index contributed by atoms with van der Waals surface area (Å²) in [4.78, 5) is 27.9. The molecular weight excluding hydrogens is 314 g/mol. The summed E-state index contributed by atoms with van der Waals surface area (Å²) < 4.78 is 1.88. The Labute approximate surface area is 146 Å². The van der Waals surface area contributed by atoms with Gasteiger partial charge in [-0.2, -0.15) is 0 Å². The van der Waals surface area contributed by atoms with Gasteiger partial charge >= 0.3 is 0 Å². The minimum absolute atomic E-state index is 0.220. The van der Waals surface area contributed by atoms with E-state index in [1.807, 2.05) is 55.8 Å². The summed E-state index contributed by atoms with van der Waals surface area (Å²) in [5, 5.41) is 2.85. The Morgan fingerprint density at radius 2 is 1.92 bits per heavy atom. The molecule has 2 aromatic carbocycles. The molecule has 0 aliphatic rings. The number of amides is 1. The van der Waals surface area contributed by atoms with Gasteiger partial charge in [0.1, 0.15) is 6.29 Å². The van der Waals surface area contributed by atoms with E-state index in [-0.39, 0.29) is 5.91 Å². The smallest absolute Gasteiger partial charge is 0.255 e. The molecule has 0 saturated carbocycles. The number of aldehydes is 1. The van der Waals surface area contributed by atoms with Crippen LogP contribution in [0.3, 0.4) is 0 Å². The lowest BCUT2D eigenvalue weighted by Gasteiger charge is -2.10.